The lowest BCUT2D eigenvalue weighted by Gasteiger charge is -2.32. The average molecular weight is 522 g/mol. The van der Waals surface area contributed by atoms with Crippen LogP contribution in [0.5, 0.6) is 0 Å². The molecule has 0 spiro atoms. The molecule has 2 saturated carbocycles. The van der Waals surface area contributed by atoms with Crippen LogP contribution in [0.3, 0.4) is 0 Å². The van der Waals surface area contributed by atoms with E-state index in [0.717, 1.165) is 57.7 Å². The van der Waals surface area contributed by atoms with Gasteiger partial charge in [-0.3, -0.25) is 4.98 Å². The van der Waals surface area contributed by atoms with Crippen LogP contribution in [0, 0.1) is 11.8 Å². The van der Waals surface area contributed by atoms with E-state index in [4.69, 9.17) is 21.6 Å². The summed E-state index contributed by atoms with van der Waals surface area (Å²) in [5.41, 5.74) is 5.78. The number of piperidine rings is 1. The van der Waals surface area contributed by atoms with Gasteiger partial charge in [0.25, 0.3) is 0 Å². The van der Waals surface area contributed by atoms with Gasteiger partial charge in [-0.2, -0.15) is 0 Å². The third-order valence-corrected chi connectivity index (χ3v) is 8.96. The number of anilines is 1. The second-order valence-corrected chi connectivity index (χ2v) is 11.4. The van der Waals surface area contributed by atoms with Crippen LogP contribution in [-0.2, 0) is 0 Å². The number of halogens is 1. The van der Waals surface area contributed by atoms with Crippen molar-refractivity contribution in [2.75, 3.05) is 18.4 Å². The molecule has 1 aliphatic heterocycles. The van der Waals surface area contributed by atoms with Gasteiger partial charge in [0.2, 0.25) is 0 Å². The summed E-state index contributed by atoms with van der Waals surface area (Å²) in [6.07, 6.45) is 10.7. The third-order valence-electron chi connectivity index (χ3n) is 8.63. The highest BCUT2D eigenvalue weighted by Crippen LogP contribution is 2.45. The van der Waals surface area contributed by atoms with Gasteiger partial charge in [0.05, 0.1) is 11.7 Å². The van der Waals surface area contributed by atoms with Crippen LogP contribution < -0.4 is 10.6 Å². The number of pyridine rings is 2. The zero-order chi connectivity index (χ0) is 25.2. The van der Waals surface area contributed by atoms with E-state index in [1.165, 1.54) is 31.2 Å². The molecule has 3 fully saturated rings. The zero-order valence-electron chi connectivity index (χ0n) is 20.9. The summed E-state index contributed by atoms with van der Waals surface area (Å²) in [7, 11) is 0. The van der Waals surface area contributed by atoms with E-state index in [0.29, 0.717) is 34.6 Å². The minimum atomic E-state index is 0.430. The summed E-state index contributed by atoms with van der Waals surface area (Å²) in [4.78, 5) is 23.0. The standard InChI is InChI=1S/C30H28ClN7/c31-23-4-2-1-3-20(23)24-11-21-19(9-10-34-28(21)35-24)29-36-25-15-33-14-22(16-5-6-16)26(25)30(38-29)37-27-17-7-8-18(27)13-32-12-17/h1-4,9-11,14-18,27,32H,5-8,12-13H2,(H,34,35)(H,36,37,38)/t17-,18?,27+/m0/s1. The Bertz CT molecular complexity index is 1680. The predicted molar refractivity (Wildman–Crippen MR) is 151 cm³/mol. The Morgan fingerprint density at radius 3 is 2.58 bits per heavy atom. The van der Waals surface area contributed by atoms with Crippen molar-refractivity contribution in [3.8, 4) is 22.6 Å². The molecule has 3 atom stereocenters. The van der Waals surface area contributed by atoms with Gasteiger partial charge in [0.15, 0.2) is 5.82 Å². The summed E-state index contributed by atoms with van der Waals surface area (Å²) < 4.78 is 0. The predicted octanol–water partition coefficient (Wildman–Crippen LogP) is 6.18. The van der Waals surface area contributed by atoms with Gasteiger partial charge in [-0.25, -0.2) is 15.0 Å². The van der Waals surface area contributed by atoms with Crippen LogP contribution in [0.1, 0.15) is 37.2 Å². The number of H-pyrrole nitrogens is 1. The lowest BCUT2D eigenvalue weighted by molar-refractivity contribution is 0.342. The molecule has 0 amide bonds. The molecular formula is C30H28ClN7. The number of nitrogens with zero attached hydrogens (tertiary/aromatic N) is 4. The van der Waals surface area contributed by atoms with Crippen LogP contribution in [0.2, 0.25) is 5.02 Å². The second kappa shape index (κ2) is 8.75. The second-order valence-electron chi connectivity index (χ2n) is 11.0. The number of nitrogens with one attached hydrogen (secondary N) is 3. The molecule has 1 unspecified atom stereocenters. The van der Waals surface area contributed by atoms with Crippen molar-refractivity contribution in [1.29, 1.82) is 0 Å². The van der Waals surface area contributed by atoms with Gasteiger partial charge >= 0.3 is 0 Å². The Balaban J connectivity index is 1.29. The Kier molecular flexibility index (Phi) is 5.17. The zero-order valence-corrected chi connectivity index (χ0v) is 21.7. The number of aromatic amines is 1. The normalized spacial score (nSPS) is 22.8. The number of hydrogen-bond donors (Lipinski definition) is 3. The molecule has 1 aromatic carbocycles. The first-order valence-electron chi connectivity index (χ1n) is 13.6. The molecular weight excluding hydrogens is 494 g/mol. The van der Waals surface area contributed by atoms with Crippen LogP contribution in [0.25, 0.3) is 44.6 Å². The highest BCUT2D eigenvalue weighted by molar-refractivity contribution is 6.33. The molecule has 0 radical (unpaired) electrons. The van der Waals surface area contributed by atoms with Crippen molar-refractivity contribution >= 4 is 39.4 Å². The Hall–Kier alpha value is -3.55. The summed E-state index contributed by atoms with van der Waals surface area (Å²) >= 11 is 6.51. The van der Waals surface area contributed by atoms with E-state index in [1.807, 2.05) is 48.9 Å². The fourth-order valence-corrected chi connectivity index (χ4v) is 6.80. The van der Waals surface area contributed by atoms with Crippen molar-refractivity contribution in [2.45, 2.75) is 37.6 Å². The van der Waals surface area contributed by atoms with Crippen LogP contribution in [0.4, 0.5) is 5.82 Å². The summed E-state index contributed by atoms with van der Waals surface area (Å²) in [5, 5.41) is 10.4. The topological polar surface area (TPSA) is 91.4 Å². The highest BCUT2D eigenvalue weighted by atomic mass is 35.5. The SMILES string of the molecule is Clc1ccccc1-c1cc2c(-c3nc(N[C@H]4C5CC[C@H]4CNC5)c4c(C5CC5)cncc4n3)ccnc2[nH]1. The molecule has 5 aromatic rings. The van der Waals surface area contributed by atoms with Crippen LogP contribution >= 0.6 is 11.6 Å². The Labute approximate surface area is 225 Å². The Morgan fingerprint density at radius 1 is 0.921 bits per heavy atom. The number of hydrogen-bond acceptors (Lipinski definition) is 6. The molecule has 7 nitrogen and oxygen atoms in total. The number of rotatable bonds is 5. The lowest BCUT2D eigenvalue weighted by atomic mass is 9.93. The monoisotopic (exact) mass is 521 g/mol. The first kappa shape index (κ1) is 22.4. The molecule has 2 aliphatic carbocycles. The molecule has 5 heterocycles. The number of benzene rings is 1. The first-order chi connectivity index (χ1) is 18.7. The van der Waals surface area contributed by atoms with E-state index in [9.17, 15) is 0 Å². The van der Waals surface area contributed by atoms with Gasteiger partial charge in [0.1, 0.15) is 11.5 Å². The van der Waals surface area contributed by atoms with E-state index in [-0.39, 0.29) is 0 Å². The number of aromatic nitrogens is 5. The summed E-state index contributed by atoms with van der Waals surface area (Å²) in [6, 6.07) is 12.4. The van der Waals surface area contributed by atoms with Crippen LogP contribution in [-0.4, -0.2) is 44.1 Å². The molecule has 190 valence electrons. The van der Waals surface area contributed by atoms with Gasteiger partial charge in [0, 0.05) is 51.1 Å². The molecule has 2 bridgehead atoms. The Morgan fingerprint density at radius 2 is 1.76 bits per heavy atom. The lowest BCUT2D eigenvalue weighted by Crippen LogP contribution is -2.45. The van der Waals surface area contributed by atoms with E-state index in [1.54, 1.807) is 0 Å². The van der Waals surface area contributed by atoms with Crippen molar-refractivity contribution in [2.24, 2.45) is 11.8 Å². The maximum atomic E-state index is 6.51. The minimum absolute atomic E-state index is 0.430. The van der Waals surface area contributed by atoms with E-state index >= 15 is 0 Å². The highest BCUT2D eigenvalue weighted by Gasteiger charge is 2.39. The smallest absolute Gasteiger partial charge is 0.163 e. The molecule has 3 N–H and O–H groups in total. The summed E-state index contributed by atoms with van der Waals surface area (Å²) in [5.74, 6) is 3.45. The quantitative estimate of drug-likeness (QED) is 0.256. The fourth-order valence-electron chi connectivity index (χ4n) is 6.56. The molecule has 8 rings (SSSR count). The molecule has 3 aliphatic rings. The van der Waals surface area contributed by atoms with E-state index in [2.05, 4.69) is 31.7 Å². The molecule has 38 heavy (non-hydrogen) atoms. The van der Waals surface area contributed by atoms with Gasteiger partial charge < -0.3 is 15.6 Å². The van der Waals surface area contributed by atoms with Crippen molar-refractivity contribution < 1.29 is 0 Å². The van der Waals surface area contributed by atoms with Gasteiger partial charge in [-0.15, -0.1) is 0 Å². The van der Waals surface area contributed by atoms with Crippen molar-refractivity contribution in [3.05, 3.63) is 65.6 Å². The van der Waals surface area contributed by atoms with Crippen molar-refractivity contribution in [1.82, 2.24) is 30.2 Å². The maximum Gasteiger partial charge on any atom is 0.163 e. The van der Waals surface area contributed by atoms with Gasteiger partial charge in [-0.1, -0.05) is 29.8 Å². The van der Waals surface area contributed by atoms with Crippen LogP contribution in [0.15, 0.2) is 55.0 Å². The number of fused-ring (bicyclic) bond motifs is 4. The minimum Gasteiger partial charge on any atom is -0.366 e. The average Bonchev–Trinajstić information content (AvgIpc) is 3.66. The molecule has 4 aromatic heterocycles. The first-order valence-corrected chi connectivity index (χ1v) is 14.0. The molecule has 1 saturated heterocycles. The third kappa shape index (κ3) is 3.68. The summed E-state index contributed by atoms with van der Waals surface area (Å²) in [6.45, 7) is 2.14. The van der Waals surface area contributed by atoms with Gasteiger partial charge in [-0.05, 0) is 80.3 Å². The van der Waals surface area contributed by atoms with Crippen molar-refractivity contribution in [3.63, 3.8) is 0 Å². The molecule has 8 heteroatoms. The fraction of sp³-hybridized carbons (Fsp3) is 0.333. The van der Waals surface area contributed by atoms with E-state index < -0.39 is 0 Å². The largest absolute Gasteiger partial charge is 0.366 e. The maximum absolute atomic E-state index is 6.51.